The number of nitrogens with zero attached hydrogens (tertiary/aromatic N) is 3. The highest BCUT2D eigenvalue weighted by molar-refractivity contribution is 5.63. The largest absolute Gasteiger partial charge is 0.392 e. The normalized spacial score (nSPS) is 19.4. The monoisotopic (exact) mass is 371 g/mol. The summed E-state index contributed by atoms with van der Waals surface area (Å²) in [4.78, 5) is 11.2. The van der Waals surface area contributed by atoms with Gasteiger partial charge in [0.1, 0.15) is 5.82 Å². The number of aliphatic hydroxyl groups is 1. The molecule has 0 unspecified atom stereocenters. The average molecular weight is 371 g/mol. The Balaban J connectivity index is 1.41. The standard InChI is InChI=1S/C21H26FN3O2/c22-20-17(14-26)2-1-3-19(20)18-12-23-21(24-13-18)25-8-4-15(5-9-25)16-6-10-27-11-7-16/h1-3,12-13,15-16,26H,4-11,14H2. The summed E-state index contributed by atoms with van der Waals surface area (Å²) in [7, 11) is 0. The van der Waals surface area contributed by atoms with E-state index in [2.05, 4.69) is 14.9 Å². The zero-order chi connectivity index (χ0) is 18.6. The van der Waals surface area contributed by atoms with Gasteiger partial charge in [0.25, 0.3) is 0 Å². The molecule has 0 aliphatic carbocycles. The number of aromatic nitrogens is 2. The number of benzene rings is 1. The molecule has 2 aromatic rings. The molecular formula is C21H26FN3O2. The molecule has 144 valence electrons. The van der Waals surface area contributed by atoms with Crippen LogP contribution >= 0.6 is 0 Å². The van der Waals surface area contributed by atoms with E-state index in [1.165, 1.54) is 25.7 Å². The fraction of sp³-hybridized carbons (Fsp3) is 0.524. The van der Waals surface area contributed by atoms with Crippen LogP contribution in [0.25, 0.3) is 11.1 Å². The molecule has 2 aliphatic rings. The smallest absolute Gasteiger partial charge is 0.225 e. The summed E-state index contributed by atoms with van der Waals surface area (Å²) in [6, 6.07) is 5.00. The van der Waals surface area contributed by atoms with Crippen LogP contribution in [0.4, 0.5) is 10.3 Å². The van der Waals surface area contributed by atoms with Crippen LogP contribution in [0, 0.1) is 17.7 Å². The molecule has 2 saturated heterocycles. The van der Waals surface area contributed by atoms with Crippen molar-refractivity contribution in [3.05, 3.63) is 42.0 Å². The number of hydrogen-bond donors (Lipinski definition) is 1. The van der Waals surface area contributed by atoms with Gasteiger partial charge in [0, 0.05) is 55.4 Å². The number of anilines is 1. The van der Waals surface area contributed by atoms with Crippen LogP contribution in [0.15, 0.2) is 30.6 Å². The highest BCUT2D eigenvalue weighted by atomic mass is 19.1. The fourth-order valence-corrected chi connectivity index (χ4v) is 4.31. The number of ether oxygens (including phenoxy) is 1. The van der Waals surface area contributed by atoms with Crippen molar-refractivity contribution in [3.8, 4) is 11.1 Å². The summed E-state index contributed by atoms with van der Waals surface area (Å²) in [5.74, 6) is 1.88. The van der Waals surface area contributed by atoms with Crippen molar-refractivity contribution in [2.45, 2.75) is 32.3 Å². The molecule has 0 radical (unpaired) electrons. The van der Waals surface area contributed by atoms with Gasteiger partial charge in [-0.15, -0.1) is 0 Å². The van der Waals surface area contributed by atoms with Crippen LogP contribution in [0.5, 0.6) is 0 Å². The predicted molar refractivity (Wildman–Crippen MR) is 102 cm³/mol. The molecule has 2 fully saturated rings. The molecular weight excluding hydrogens is 345 g/mol. The van der Waals surface area contributed by atoms with Crippen molar-refractivity contribution in [2.75, 3.05) is 31.2 Å². The number of aliphatic hydroxyl groups excluding tert-OH is 1. The first-order valence-corrected chi connectivity index (χ1v) is 9.79. The van der Waals surface area contributed by atoms with E-state index in [1.54, 1.807) is 30.6 Å². The maximum Gasteiger partial charge on any atom is 0.225 e. The second-order valence-electron chi connectivity index (χ2n) is 7.48. The van der Waals surface area contributed by atoms with E-state index in [4.69, 9.17) is 4.74 Å². The van der Waals surface area contributed by atoms with E-state index in [0.29, 0.717) is 17.1 Å². The maximum absolute atomic E-state index is 14.4. The van der Waals surface area contributed by atoms with Gasteiger partial charge in [-0.1, -0.05) is 18.2 Å². The number of hydrogen-bond acceptors (Lipinski definition) is 5. The SMILES string of the molecule is OCc1cccc(-c2cnc(N3CCC(C4CCOCC4)CC3)nc2)c1F. The molecule has 27 heavy (non-hydrogen) atoms. The molecule has 1 aromatic carbocycles. The van der Waals surface area contributed by atoms with Crippen molar-refractivity contribution < 1.29 is 14.2 Å². The minimum atomic E-state index is -0.409. The third-order valence-electron chi connectivity index (χ3n) is 5.95. The Bertz CT molecular complexity index is 755. The fourth-order valence-electron chi connectivity index (χ4n) is 4.31. The van der Waals surface area contributed by atoms with Crippen molar-refractivity contribution in [3.63, 3.8) is 0 Å². The molecule has 1 N–H and O–H groups in total. The molecule has 4 rings (SSSR count). The lowest BCUT2D eigenvalue weighted by molar-refractivity contribution is 0.0418. The maximum atomic E-state index is 14.4. The Morgan fingerprint density at radius 1 is 1.04 bits per heavy atom. The van der Waals surface area contributed by atoms with Crippen LogP contribution in [0.1, 0.15) is 31.2 Å². The van der Waals surface area contributed by atoms with Crippen molar-refractivity contribution in [2.24, 2.45) is 11.8 Å². The predicted octanol–water partition coefficient (Wildman–Crippen LogP) is 3.42. The van der Waals surface area contributed by atoms with Crippen LogP contribution in [0.3, 0.4) is 0 Å². The number of halogens is 1. The molecule has 0 amide bonds. The molecule has 0 spiro atoms. The molecule has 0 bridgehead atoms. The number of rotatable bonds is 4. The van der Waals surface area contributed by atoms with Gasteiger partial charge in [0.2, 0.25) is 5.95 Å². The quantitative estimate of drug-likeness (QED) is 0.892. The van der Waals surface area contributed by atoms with Gasteiger partial charge in [-0.3, -0.25) is 0 Å². The van der Waals surface area contributed by atoms with Crippen molar-refractivity contribution in [1.29, 1.82) is 0 Å². The second-order valence-corrected chi connectivity index (χ2v) is 7.48. The molecule has 0 atom stereocenters. The third-order valence-corrected chi connectivity index (χ3v) is 5.95. The van der Waals surface area contributed by atoms with Gasteiger partial charge in [-0.25, -0.2) is 14.4 Å². The van der Waals surface area contributed by atoms with E-state index in [0.717, 1.165) is 38.1 Å². The molecule has 0 saturated carbocycles. The Hall–Kier alpha value is -2.05. The molecule has 2 aliphatic heterocycles. The Morgan fingerprint density at radius 3 is 2.37 bits per heavy atom. The van der Waals surface area contributed by atoms with Gasteiger partial charge in [0.05, 0.1) is 6.61 Å². The van der Waals surface area contributed by atoms with Crippen molar-refractivity contribution >= 4 is 5.95 Å². The summed E-state index contributed by atoms with van der Waals surface area (Å²) in [5.41, 5.74) is 1.33. The average Bonchev–Trinajstić information content (AvgIpc) is 2.75. The van der Waals surface area contributed by atoms with E-state index in [1.807, 2.05) is 0 Å². The van der Waals surface area contributed by atoms with Gasteiger partial charge >= 0.3 is 0 Å². The van der Waals surface area contributed by atoms with E-state index in [-0.39, 0.29) is 12.2 Å². The molecule has 3 heterocycles. The third kappa shape index (κ3) is 3.96. The van der Waals surface area contributed by atoms with Crippen LogP contribution < -0.4 is 4.90 Å². The minimum absolute atomic E-state index is 0.284. The summed E-state index contributed by atoms with van der Waals surface area (Å²) >= 11 is 0. The van der Waals surface area contributed by atoms with Crippen LogP contribution in [-0.2, 0) is 11.3 Å². The van der Waals surface area contributed by atoms with Crippen LogP contribution in [0.2, 0.25) is 0 Å². The highest BCUT2D eigenvalue weighted by Crippen LogP contribution is 2.33. The number of piperidine rings is 1. The second kappa shape index (κ2) is 8.31. The first kappa shape index (κ1) is 18.3. The Labute approximate surface area is 159 Å². The lowest BCUT2D eigenvalue weighted by Gasteiger charge is -2.37. The summed E-state index contributed by atoms with van der Waals surface area (Å²) in [5, 5.41) is 9.23. The summed E-state index contributed by atoms with van der Waals surface area (Å²) in [6.07, 6.45) is 8.06. The topological polar surface area (TPSA) is 58.5 Å². The Morgan fingerprint density at radius 2 is 1.70 bits per heavy atom. The van der Waals surface area contributed by atoms with Crippen LogP contribution in [-0.4, -0.2) is 41.4 Å². The lowest BCUT2D eigenvalue weighted by Crippen LogP contribution is -2.38. The molecule has 1 aromatic heterocycles. The zero-order valence-electron chi connectivity index (χ0n) is 15.5. The first-order valence-electron chi connectivity index (χ1n) is 9.79. The van der Waals surface area contributed by atoms with E-state index < -0.39 is 5.82 Å². The van der Waals surface area contributed by atoms with Crippen molar-refractivity contribution in [1.82, 2.24) is 9.97 Å². The lowest BCUT2D eigenvalue weighted by atomic mass is 9.80. The molecule has 6 heteroatoms. The van der Waals surface area contributed by atoms with E-state index >= 15 is 0 Å². The summed E-state index contributed by atoms with van der Waals surface area (Å²) in [6.45, 7) is 3.43. The Kier molecular flexibility index (Phi) is 5.64. The minimum Gasteiger partial charge on any atom is -0.392 e. The molecule has 5 nitrogen and oxygen atoms in total. The summed E-state index contributed by atoms with van der Waals surface area (Å²) < 4.78 is 19.9. The highest BCUT2D eigenvalue weighted by Gasteiger charge is 2.28. The zero-order valence-corrected chi connectivity index (χ0v) is 15.5. The first-order chi connectivity index (χ1) is 13.3. The van der Waals surface area contributed by atoms with Gasteiger partial charge < -0.3 is 14.7 Å². The van der Waals surface area contributed by atoms with Gasteiger partial charge in [0.15, 0.2) is 0 Å². The van der Waals surface area contributed by atoms with E-state index in [9.17, 15) is 9.50 Å². The van der Waals surface area contributed by atoms with Gasteiger partial charge in [-0.2, -0.15) is 0 Å². The van der Waals surface area contributed by atoms with Gasteiger partial charge in [-0.05, 0) is 37.5 Å².